The third kappa shape index (κ3) is 3.25. The van der Waals surface area contributed by atoms with Crippen LogP contribution in [0.4, 0.5) is 35.1 Å². The molecule has 1 saturated carbocycles. The number of hydrogen-bond acceptors (Lipinski definition) is 5. The van der Waals surface area contributed by atoms with E-state index in [0.717, 1.165) is 0 Å². The Labute approximate surface area is 155 Å². The molecule has 0 spiro atoms. The first kappa shape index (κ1) is 17.8. The minimum absolute atomic E-state index is 0.140. The van der Waals surface area contributed by atoms with E-state index in [1.165, 1.54) is 22.9 Å². The van der Waals surface area contributed by atoms with E-state index in [1.807, 2.05) is 0 Å². The molecule has 0 bridgehead atoms. The summed E-state index contributed by atoms with van der Waals surface area (Å²) in [7, 11) is 1.62. The zero-order valence-electron chi connectivity index (χ0n) is 13.9. The van der Waals surface area contributed by atoms with Crippen LogP contribution in [0.2, 0.25) is 5.02 Å². The Morgan fingerprint density at radius 1 is 1.19 bits per heavy atom. The van der Waals surface area contributed by atoms with Crippen LogP contribution < -0.4 is 10.6 Å². The molecule has 11 heteroatoms. The number of halogens is 5. The van der Waals surface area contributed by atoms with Crippen molar-refractivity contribution in [2.24, 2.45) is 7.05 Å². The quantitative estimate of drug-likeness (QED) is 0.506. The maximum atomic E-state index is 14.0. The fourth-order valence-corrected chi connectivity index (χ4v) is 3.00. The van der Waals surface area contributed by atoms with E-state index in [2.05, 4.69) is 25.6 Å². The second kappa shape index (κ2) is 6.22. The molecule has 2 N–H and O–H groups in total. The molecular weight excluding hydrogens is 388 g/mol. The highest BCUT2D eigenvalue weighted by molar-refractivity contribution is 6.30. The van der Waals surface area contributed by atoms with Gasteiger partial charge in [0, 0.05) is 25.9 Å². The Morgan fingerprint density at radius 2 is 1.93 bits per heavy atom. The monoisotopic (exact) mass is 400 g/mol. The van der Waals surface area contributed by atoms with Crippen molar-refractivity contribution in [3.8, 4) is 0 Å². The Morgan fingerprint density at radius 3 is 2.63 bits per heavy atom. The van der Waals surface area contributed by atoms with Crippen molar-refractivity contribution < 1.29 is 17.6 Å². The van der Waals surface area contributed by atoms with Crippen molar-refractivity contribution in [2.45, 2.75) is 24.8 Å². The van der Waals surface area contributed by atoms with Gasteiger partial charge in [0.2, 0.25) is 11.9 Å². The van der Waals surface area contributed by atoms with E-state index in [9.17, 15) is 17.6 Å². The van der Waals surface area contributed by atoms with Crippen molar-refractivity contribution in [3.63, 3.8) is 0 Å². The van der Waals surface area contributed by atoms with Crippen LogP contribution in [0.25, 0.3) is 11.2 Å². The van der Waals surface area contributed by atoms with Gasteiger partial charge in [-0.3, -0.25) is 4.57 Å². The fourth-order valence-electron chi connectivity index (χ4n) is 2.85. The number of nitrogens with one attached hydrogen (secondary N) is 2. The maximum absolute atomic E-state index is 14.0. The third-order valence-corrected chi connectivity index (χ3v) is 4.61. The van der Waals surface area contributed by atoms with E-state index in [0.29, 0.717) is 11.2 Å². The number of nitrogens with zero attached hydrogens (tertiary/aromatic N) is 4. The lowest BCUT2D eigenvalue weighted by molar-refractivity contribution is -0.0794. The predicted molar refractivity (Wildman–Crippen MR) is 92.5 cm³/mol. The van der Waals surface area contributed by atoms with Crippen molar-refractivity contribution in [1.82, 2.24) is 19.5 Å². The highest BCUT2D eigenvalue weighted by Gasteiger charge is 2.45. The molecule has 0 unspecified atom stereocenters. The normalized spacial score (nSPS) is 16.4. The summed E-state index contributed by atoms with van der Waals surface area (Å²) in [6.45, 7) is 0. The Kier molecular flexibility index (Phi) is 4.10. The third-order valence-electron chi connectivity index (χ3n) is 4.32. The molecule has 142 valence electrons. The molecule has 1 aromatic carbocycles. The number of aromatic nitrogens is 4. The zero-order valence-corrected chi connectivity index (χ0v) is 14.7. The second-order valence-electron chi connectivity index (χ2n) is 6.35. The number of aryl methyl sites for hydroxylation is 1. The van der Waals surface area contributed by atoms with Gasteiger partial charge in [-0.1, -0.05) is 11.6 Å². The van der Waals surface area contributed by atoms with Crippen LogP contribution in [0.3, 0.4) is 0 Å². The Bertz CT molecular complexity index is 1030. The highest BCUT2D eigenvalue weighted by atomic mass is 35.5. The van der Waals surface area contributed by atoms with E-state index >= 15 is 0 Å². The van der Waals surface area contributed by atoms with Gasteiger partial charge in [0.25, 0.3) is 5.92 Å². The fraction of sp³-hybridized carbons (Fsp3) is 0.312. The largest absolute Gasteiger partial charge is 0.351 e. The van der Waals surface area contributed by atoms with Gasteiger partial charge in [0.15, 0.2) is 17.3 Å². The van der Waals surface area contributed by atoms with Crippen LogP contribution in [-0.2, 0) is 7.05 Å². The molecule has 1 aliphatic rings. The van der Waals surface area contributed by atoms with Crippen LogP contribution in [0.1, 0.15) is 12.8 Å². The lowest BCUT2D eigenvalue weighted by Gasteiger charge is -2.35. The highest BCUT2D eigenvalue weighted by Crippen LogP contribution is 2.38. The summed E-state index contributed by atoms with van der Waals surface area (Å²) in [6, 6.07) is 2.12. The van der Waals surface area contributed by atoms with Gasteiger partial charge in [0.05, 0.1) is 16.9 Å². The molecule has 1 aliphatic carbocycles. The van der Waals surface area contributed by atoms with Crippen molar-refractivity contribution in [2.75, 3.05) is 10.6 Å². The van der Waals surface area contributed by atoms with Crippen molar-refractivity contribution in [1.29, 1.82) is 0 Å². The summed E-state index contributed by atoms with van der Waals surface area (Å²) in [4.78, 5) is 12.6. The number of hydrogen-bond donors (Lipinski definition) is 2. The molecule has 0 radical (unpaired) electrons. The van der Waals surface area contributed by atoms with Crippen LogP contribution in [0.15, 0.2) is 18.3 Å². The van der Waals surface area contributed by atoms with E-state index in [-0.39, 0.29) is 35.4 Å². The average molecular weight is 401 g/mol. The summed E-state index contributed by atoms with van der Waals surface area (Å²) in [5.41, 5.74) is 0.661. The standard InChI is InChI=1S/C16H13ClF4N6/c1-27-13-10(6-22-14(26-13)23-7-4-16(20,21)5-7)25-15(27)24-9-3-2-8(17)11(18)12(9)19/h2-3,6-7H,4-5H2,1H3,(H,24,25)(H,22,23,26). The number of anilines is 3. The first-order chi connectivity index (χ1) is 12.7. The van der Waals surface area contributed by atoms with E-state index in [4.69, 9.17) is 11.6 Å². The number of benzene rings is 1. The number of rotatable bonds is 4. The second-order valence-corrected chi connectivity index (χ2v) is 6.76. The summed E-state index contributed by atoms with van der Waals surface area (Å²) in [5, 5.41) is 5.20. The van der Waals surface area contributed by atoms with Crippen LogP contribution in [0, 0.1) is 11.6 Å². The zero-order chi connectivity index (χ0) is 19.3. The predicted octanol–water partition coefficient (Wildman–Crippen LogP) is 4.25. The molecule has 0 saturated heterocycles. The van der Waals surface area contributed by atoms with Gasteiger partial charge in [-0.05, 0) is 12.1 Å². The minimum Gasteiger partial charge on any atom is -0.351 e. The van der Waals surface area contributed by atoms with E-state index < -0.39 is 23.6 Å². The summed E-state index contributed by atoms with van der Waals surface area (Å²) < 4.78 is 55.0. The maximum Gasteiger partial charge on any atom is 0.252 e. The van der Waals surface area contributed by atoms with Gasteiger partial charge in [0.1, 0.15) is 5.52 Å². The number of imidazole rings is 1. The lowest BCUT2D eigenvalue weighted by atomic mass is 9.88. The molecule has 1 fully saturated rings. The molecule has 2 aromatic heterocycles. The number of alkyl halides is 2. The van der Waals surface area contributed by atoms with Gasteiger partial charge in [-0.25, -0.2) is 27.5 Å². The Hall–Kier alpha value is -2.62. The van der Waals surface area contributed by atoms with Gasteiger partial charge in [-0.15, -0.1) is 0 Å². The topological polar surface area (TPSA) is 67.7 Å². The Balaban J connectivity index is 1.60. The van der Waals surface area contributed by atoms with Gasteiger partial charge in [-0.2, -0.15) is 4.98 Å². The summed E-state index contributed by atoms with van der Waals surface area (Å²) >= 11 is 5.54. The van der Waals surface area contributed by atoms with Crippen molar-refractivity contribution >= 4 is 40.3 Å². The van der Waals surface area contributed by atoms with Gasteiger partial charge >= 0.3 is 0 Å². The lowest BCUT2D eigenvalue weighted by Crippen LogP contribution is -2.44. The molecule has 2 heterocycles. The SMILES string of the molecule is Cn1c(Nc2ccc(Cl)c(F)c2F)nc2cnc(NC3CC(F)(F)C3)nc21. The molecule has 4 rings (SSSR count). The van der Waals surface area contributed by atoms with Crippen LogP contribution in [0.5, 0.6) is 0 Å². The molecule has 3 aromatic rings. The van der Waals surface area contributed by atoms with Crippen LogP contribution >= 0.6 is 11.6 Å². The van der Waals surface area contributed by atoms with Crippen LogP contribution in [-0.4, -0.2) is 31.5 Å². The molecule has 0 aliphatic heterocycles. The molecular formula is C16H13ClF4N6. The minimum atomic E-state index is -2.65. The molecule has 27 heavy (non-hydrogen) atoms. The number of fused-ring (bicyclic) bond motifs is 1. The molecule has 6 nitrogen and oxygen atoms in total. The average Bonchev–Trinajstić information content (AvgIpc) is 2.90. The first-order valence-electron chi connectivity index (χ1n) is 7.98. The smallest absolute Gasteiger partial charge is 0.252 e. The molecule has 0 atom stereocenters. The molecule has 0 amide bonds. The van der Waals surface area contributed by atoms with Gasteiger partial charge < -0.3 is 10.6 Å². The summed E-state index contributed by atoms with van der Waals surface area (Å²) in [5.74, 6) is -4.55. The first-order valence-corrected chi connectivity index (χ1v) is 8.36. The van der Waals surface area contributed by atoms with Crippen molar-refractivity contribution in [3.05, 3.63) is 35.0 Å². The van der Waals surface area contributed by atoms with E-state index in [1.54, 1.807) is 7.05 Å². The summed E-state index contributed by atoms with van der Waals surface area (Å²) in [6.07, 6.45) is 0.882.